The zero-order valence-electron chi connectivity index (χ0n) is 11.0. The number of rotatable bonds is 4. The fraction of sp³-hybridized carbons (Fsp3) is 0.200. The van der Waals surface area contributed by atoms with Crippen molar-refractivity contribution in [2.45, 2.75) is 18.6 Å². The SMILES string of the molecule is NNC(Cc1ccccc1)c1ccc(Br)c(C(F)(F)F)c1. The Morgan fingerprint density at radius 3 is 2.33 bits per heavy atom. The molecule has 2 aromatic rings. The maximum atomic E-state index is 12.9. The lowest BCUT2D eigenvalue weighted by Gasteiger charge is -2.19. The van der Waals surface area contributed by atoms with E-state index in [1.807, 2.05) is 30.3 Å². The van der Waals surface area contributed by atoms with Crippen LogP contribution in [0.1, 0.15) is 22.7 Å². The Labute approximate surface area is 129 Å². The van der Waals surface area contributed by atoms with Crippen molar-refractivity contribution in [3.05, 3.63) is 69.7 Å². The van der Waals surface area contributed by atoms with Gasteiger partial charge in [0.2, 0.25) is 0 Å². The van der Waals surface area contributed by atoms with E-state index in [4.69, 9.17) is 5.84 Å². The lowest BCUT2D eigenvalue weighted by atomic mass is 9.98. The first-order valence-corrected chi connectivity index (χ1v) is 7.08. The average Bonchev–Trinajstić information content (AvgIpc) is 2.45. The third-order valence-corrected chi connectivity index (χ3v) is 3.87. The van der Waals surface area contributed by atoms with Crippen LogP contribution < -0.4 is 11.3 Å². The number of hydrazine groups is 1. The molecule has 2 nitrogen and oxygen atoms in total. The number of halogens is 4. The highest BCUT2D eigenvalue weighted by atomic mass is 79.9. The summed E-state index contributed by atoms with van der Waals surface area (Å²) in [6, 6.07) is 13.2. The molecule has 0 saturated heterocycles. The van der Waals surface area contributed by atoms with Crippen LogP contribution in [-0.4, -0.2) is 0 Å². The molecule has 1 unspecified atom stereocenters. The van der Waals surface area contributed by atoms with Crippen LogP contribution in [0, 0.1) is 0 Å². The molecule has 0 radical (unpaired) electrons. The lowest BCUT2D eigenvalue weighted by molar-refractivity contribution is -0.138. The van der Waals surface area contributed by atoms with Gasteiger partial charge in [-0.2, -0.15) is 13.2 Å². The summed E-state index contributed by atoms with van der Waals surface area (Å²) in [5.74, 6) is 5.51. The van der Waals surface area contributed by atoms with E-state index in [1.54, 1.807) is 6.07 Å². The Morgan fingerprint density at radius 2 is 1.76 bits per heavy atom. The molecule has 0 aliphatic rings. The van der Waals surface area contributed by atoms with Crippen molar-refractivity contribution in [3.8, 4) is 0 Å². The van der Waals surface area contributed by atoms with E-state index >= 15 is 0 Å². The topological polar surface area (TPSA) is 38.0 Å². The summed E-state index contributed by atoms with van der Waals surface area (Å²) in [6.45, 7) is 0. The molecule has 2 rings (SSSR count). The molecule has 0 spiro atoms. The molecule has 2 aromatic carbocycles. The first-order chi connectivity index (χ1) is 9.91. The molecule has 0 fully saturated rings. The first kappa shape index (κ1) is 16.0. The summed E-state index contributed by atoms with van der Waals surface area (Å²) < 4.78 is 38.8. The summed E-state index contributed by atoms with van der Waals surface area (Å²) in [4.78, 5) is 0. The minimum atomic E-state index is -4.40. The van der Waals surface area contributed by atoms with Gasteiger partial charge in [-0.3, -0.25) is 11.3 Å². The summed E-state index contributed by atoms with van der Waals surface area (Å²) in [5.41, 5.74) is 3.38. The molecule has 0 aromatic heterocycles. The predicted molar refractivity (Wildman–Crippen MR) is 79.4 cm³/mol. The largest absolute Gasteiger partial charge is 0.417 e. The van der Waals surface area contributed by atoms with Crippen molar-refractivity contribution in [1.29, 1.82) is 0 Å². The Bertz CT molecular complexity index is 600. The number of hydrogen-bond donors (Lipinski definition) is 2. The second-order valence-electron chi connectivity index (χ2n) is 4.65. The quantitative estimate of drug-likeness (QED) is 0.634. The Balaban J connectivity index is 2.30. The van der Waals surface area contributed by atoms with E-state index in [1.165, 1.54) is 6.07 Å². The summed E-state index contributed by atoms with van der Waals surface area (Å²) >= 11 is 2.93. The van der Waals surface area contributed by atoms with E-state index in [0.29, 0.717) is 12.0 Å². The molecule has 3 N–H and O–H groups in total. The van der Waals surface area contributed by atoms with E-state index in [-0.39, 0.29) is 10.5 Å². The van der Waals surface area contributed by atoms with E-state index in [0.717, 1.165) is 11.6 Å². The third kappa shape index (κ3) is 4.06. The zero-order chi connectivity index (χ0) is 15.5. The van der Waals surface area contributed by atoms with E-state index in [9.17, 15) is 13.2 Å². The molecule has 6 heteroatoms. The molecule has 112 valence electrons. The molecule has 0 aliphatic carbocycles. The lowest BCUT2D eigenvalue weighted by Crippen LogP contribution is -2.29. The molecule has 21 heavy (non-hydrogen) atoms. The Hall–Kier alpha value is -1.37. The van der Waals surface area contributed by atoms with Gasteiger partial charge in [0.15, 0.2) is 0 Å². The molecular formula is C15H14BrF3N2. The van der Waals surface area contributed by atoms with Crippen LogP contribution in [-0.2, 0) is 12.6 Å². The van der Waals surface area contributed by atoms with Crippen molar-refractivity contribution in [1.82, 2.24) is 5.43 Å². The highest BCUT2D eigenvalue weighted by Gasteiger charge is 2.33. The van der Waals surface area contributed by atoms with Gasteiger partial charge in [-0.1, -0.05) is 52.3 Å². The summed E-state index contributed by atoms with van der Waals surface area (Å²) in [5, 5.41) is 0. The van der Waals surface area contributed by atoms with Crippen molar-refractivity contribution in [3.63, 3.8) is 0 Å². The number of nitrogens with one attached hydrogen (secondary N) is 1. The van der Waals surface area contributed by atoms with Crippen LogP contribution in [0.5, 0.6) is 0 Å². The molecule has 0 saturated carbocycles. The summed E-state index contributed by atoms with van der Waals surface area (Å²) in [7, 11) is 0. The second kappa shape index (κ2) is 6.60. The van der Waals surface area contributed by atoms with Crippen molar-refractivity contribution in [2.75, 3.05) is 0 Å². The first-order valence-electron chi connectivity index (χ1n) is 6.28. The van der Waals surface area contributed by atoms with Gasteiger partial charge in [-0.25, -0.2) is 0 Å². The standard InChI is InChI=1S/C15H14BrF3N2/c16-13-7-6-11(9-12(13)15(17,18)19)14(21-20)8-10-4-2-1-3-5-10/h1-7,9,14,21H,8,20H2. The van der Waals surface area contributed by atoms with Crippen molar-refractivity contribution >= 4 is 15.9 Å². The summed E-state index contributed by atoms with van der Waals surface area (Å²) in [6.07, 6.45) is -3.89. The molecule has 0 aliphatic heterocycles. The zero-order valence-corrected chi connectivity index (χ0v) is 12.6. The van der Waals surface area contributed by atoms with Crippen molar-refractivity contribution < 1.29 is 13.2 Å². The van der Waals surface area contributed by atoms with E-state index in [2.05, 4.69) is 21.4 Å². The predicted octanol–water partition coefficient (Wildman–Crippen LogP) is 4.22. The van der Waals surface area contributed by atoms with Crippen LogP contribution in [0.4, 0.5) is 13.2 Å². The fourth-order valence-corrected chi connectivity index (χ4v) is 2.57. The Kier molecular flexibility index (Phi) is 5.03. The molecule has 0 bridgehead atoms. The fourth-order valence-electron chi connectivity index (χ4n) is 2.10. The highest BCUT2D eigenvalue weighted by molar-refractivity contribution is 9.10. The second-order valence-corrected chi connectivity index (χ2v) is 5.50. The Morgan fingerprint density at radius 1 is 1.10 bits per heavy atom. The molecular weight excluding hydrogens is 345 g/mol. The van der Waals surface area contributed by atoms with Gasteiger partial charge in [0.1, 0.15) is 0 Å². The van der Waals surface area contributed by atoms with Crippen molar-refractivity contribution in [2.24, 2.45) is 5.84 Å². The van der Waals surface area contributed by atoms with Crippen LogP contribution in [0.3, 0.4) is 0 Å². The minimum Gasteiger partial charge on any atom is -0.271 e. The van der Waals surface area contributed by atoms with Gasteiger partial charge >= 0.3 is 6.18 Å². The normalized spacial score (nSPS) is 13.2. The minimum absolute atomic E-state index is 0.0224. The van der Waals surface area contributed by atoms with Gasteiger partial charge in [0, 0.05) is 10.5 Å². The van der Waals surface area contributed by atoms with Gasteiger partial charge < -0.3 is 0 Å². The maximum absolute atomic E-state index is 12.9. The number of hydrogen-bond acceptors (Lipinski definition) is 2. The van der Waals surface area contributed by atoms with Gasteiger partial charge in [-0.15, -0.1) is 0 Å². The van der Waals surface area contributed by atoms with Gasteiger partial charge in [0.25, 0.3) is 0 Å². The molecule has 1 atom stereocenters. The van der Waals surface area contributed by atoms with Crippen LogP contribution >= 0.6 is 15.9 Å². The smallest absolute Gasteiger partial charge is 0.271 e. The molecule has 0 heterocycles. The molecule has 0 amide bonds. The van der Waals surface area contributed by atoms with Crippen LogP contribution in [0.25, 0.3) is 0 Å². The average molecular weight is 359 g/mol. The van der Waals surface area contributed by atoms with Crippen LogP contribution in [0.2, 0.25) is 0 Å². The maximum Gasteiger partial charge on any atom is 0.417 e. The number of alkyl halides is 3. The van der Waals surface area contributed by atoms with E-state index < -0.39 is 11.7 Å². The third-order valence-electron chi connectivity index (χ3n) is 3.18. The monoisotopic (exact) mass is 358 g/mol. The number of benzene rings is 2. The number of nitrogens with two attached hydrogens (primary N) is 1. The van der Waals surface area contributed by atoms with Gasteiger partial charge in [0.05, 0.1) is 5.56 Å². The van der Waals surface area contributed by atoms with Gasteiger partial charge in [-0.05, 0) is 29.7 Å². The highest BCUT2D eigenvalue weighted by Crippen LogP contribution is 2.36. The van der Waals surface area contributed by atoms with Crippen LogP contribution in [0.15, 0.2) is 53.0 Å².